The molecule has 3 aromatic rings. The Hall–Kier alpha value is -3.33. The lowest BCUT2D eigenvalue weighted by atomic mass is 10.2. The summed E-state index contributed by atoms with van der Waals surface area (Å²) in [6.45, 7) is 1.92. The molecule has 0 radical (unpaired) electrons. The molecule has 0 saturated carbocycles. The summed E-state index contributed by atoms with van der Waals surface area (Å²) in [6.07, 6.45) is -0.0727. The van der Waals surface area contributed by atoms with Gasteiger partial charge in [-0.2, -0.15) is 0 Å². The van der Waals surface area contributed by atoms with Crippen molar-refractivity contribution in [2.75, 3.05) is 16.0 Å². The van der Waals surface area contributed by atoms with Gasteiger partial charge in [0.1, 0.15) is 0 Å². The molecule has 1 aromatic heterocycles. The van der Waals surface area contributed by atoms with Gasteiger partial charge in [0, 0.05) is 22.8 Å². The Labute approximate surface area is 163 Å². The molecule has 9 heteroatoms. The zero-order valence-corrected chi connectivity index (χ0v) is 15.6. The first-order chi connectivity index (χ1) is 13.4. The van der Waals surface area contributed by atoms with Crippen molar-refractivity contribution in [2.24, 2.45) is 0 Å². The van der Waals surface area contributed by atoms with E-state index in [9.17, 15) is 18.4 Å². The maximum Gasteiger partial charge on any atom is 0.325 e. The summed E-state index contributed by atoms with van der Waals surface area (Å²) in [7, 11) is 0. The zero-order valence-electron chi connectivity index (χ0n) is 14.8. The fraction of sp³-hybridized carbons (Fsp3) is 0.105. The molecule has 6 nitrogen and oxygen atoms in total. The SMILES string of the molecule is Cc1cccc(NC(=O)Nc2nc(CC(=O)Nc3ccc(F)c(F)c3)cs2)c1. The number of halogens is 2. The van der Waals surface area contributed by atoms with Gasteiger partial charge in [-0.25, -0.2) is 18.6 Å². The topological polar surface area (TPSA) is 83.1 Å². The molecule has 1 heterocycles. The Morgan fingerprint density at radius 1 is 1.00 bits per heavy atom. The Kier molecular flexibility index (Phi) is 5.95. The average Bonchev–Trinajstić information content (AvgIpc) is 3.04. The number of hydrogen-bond donors (Lipinski definition) is 3. The van der Waals surface area contributed by atoms with Crippen LogP contribution in [-0.4, -0.2) is 16.9 Å². The molecule has 0 atom stereocenters. The van der Waals surface area contributed by atoms with Gasteiger partial charge in [-0.05, 0) is 36.8 Å². The van der Waals surface area contributed by atoms with Gasteiger partial charge in [-0.15, -0.1) is 11.3 Å². The molecule has 3 N–H and O–H groups in total. The van der Waals surface area contributed by atoms with Crippen LogP contribution in [0.15, 0.2) is 47.8 Å². The fourth-order valence-corrected chi connectivity index (χ4v) is 3.08. The molecule has 0 fully saturated rings. The van der Waals surface area contributed by atoms with Gasteiger partial charge >= 0.3 is 6.03 Å². The monoisotopic (exact) mass is 402 g/mol. The van der Waals surface area contributed by atoms with E-state index in [4.69, 9.17) is 0 Å². The van der Waals surface area contributed by atoms with E-state index >= 15 is 0 Å². The summed E-state index contributed by atoms with van der Waals surface area (Å²) in [5.41, 5.74) is 2.26. The van der Waals surface area contributed by atoms with Gasteiger partial charge in [0.25, 0.3) is 0 Å². The van der Waals surface area contributed by atoms with Gasteiger partial charge in [0.05, 0.1) is 12.1 Å². The molecule has 144 valence electrons. The largest absolute Gasteiger partial charge is 0.326 e. The smallest absolute Gasteiger partial charge is 0.325 e. The van der Waals surface area contributed by atoms with Gasteiger partial charge < -0.3 is 10.6 Å². The summed E-state index contributed by atoms with van der Waals surface area (Å²) in [4.78, 5) is 28.2. The van der Waals surface area contributed by atoms with Gasteiger partial charge in [0.2, 0.25) is 5.91 Å². The van der Waals surface area contributed by atoms with E-state index < -0.39 is 23.6 Å². The molecule has 0 aliphatic carbocycles. The number of thiazole rings is 1. The summed E-state index contributed by atoms with van der Waals surface area (Å²) >= 11 is 1.17. The number of carbonyl (C=O) groups excluding carboxylic acids is 2. The normalized spacial score (nSPS) is 10.4. The van der Waals surface area contributed by atoms with Gasteiger partial charge in [-0.3, -0.25) is 10.1 Å². The maximum atomic E-state index is 13.2. The number of rotatable bonds is 5. The molecule has 0 aliphatic rings. The van der Waals surface area contributed by atoms with E-state index in [1.807, 2.05) is 25.1 Å². The highest BCUT2D eigenvalue weighted by atomic mass is 32.1. The van der Waals surface area contributed by atoms with Crippen molar-refractivity contribution < 1.29 is 18.4 Å². The van der Waals surface area contributed by atoms with Crippen LogP contribution in [0.2, 0.25) is 0 Å². The Morgan fingerprint density at radius 2 is 1.79 bits per heavy atom. The predicted octanol–water partition coefficient (Wildman–Crippen LogP) is 4.55. The molecule has 0 spiro atoms. The number of nitrogens with one attached hydrogen (secondary N) is 3. The van der Waals surface area contributed by atoms with Crippen LogP contribution in [0.1, 0.15) is 11.3 Å². The molecule has 0 saturated heterocycles. The van der Waals surface area contributed by atoms with Crippen molar-refractivity contribution >= 4 is 39.8 Å². The van der Waals surface area contributed by atoms with Crippen LogP contribution in [-0.2, 0) is 11.2 Å². The number of nitrogens with zero attached hydrogens (tertiary/aromatic N) is 1. The number of urea groups is 1. The van der Waals surface area contributed by atoms with Gasteiger partial charge in [-0.1, -0.05) is 12.1 Å². The highest BCUT2D eigenvalue weighted by Gasteiger charge is 2.11. The number of aromatic nitrogens is 1. The molecular weight excluding hydrogens is 386 g/mol. The fourth-order valence-electron chi connectivity index (χ4n) is 2.37. The lowest BCUT2D eigenvalue weighted by Gasteiger charge is -2.06. The number of hydrogen-bond acceptors (Lipinski definition) is 4. The molecule has 0 aliphatic heterocycles. The summed E-state index contributed by atoms with van der Waals surface area (Å²) in [6, 6.07) is 10.00. The second-order valence-corrected chi connectivity index (χ2v) is 6.80. The number of aryl methyl sites for hydroxylation is 1. The molecule has 28 heavy (non-hydrogen) atoms. The highest BCUT2D eigenvalue weighted by molar-refractivity contribution is 7.14. The number of benzene rings is 2. The Balaban J connectivity index is 1.53. The third-order valence-electron chi connectivity index (χ3n) is 3.59. The van der Waals surface area contributed by atoms with E-state index in [2.05, 4.69) is 20.9 Å². The minimum Gasteiger partial charge on any atom is -0.326 e. The van der Waals surface area contributed by atoms with E-state index in [1.54, 1.807) is 11.4 Å². The van der Waals surface area contributed by atoms with Crippen molar-refractivity contribution in [3.8, 4) is 0 Å². The molecule has 0 bridgehead atoms. The first kappa shape index (κ1) is 19.4. The predicted molar refractivity (Wildman–Crippen MR) is 105 cm³/mol. The lowest BCUT2D eigenvalue weighted by Crippen LogP contribution is -2.19. The number of amides is 3. The maximum absolute atomic E-state index is 13.2. The van der Waals surface area contributed by atoms with Crippen molar-refractivity contribution in [1.82, 2.24) is 4.98 Å². The van der Waals surface area contributed by atoms with E-state index in [0.29, 0.717) is 16.5 Å². The van der Waals surface area contributed by atoms with Crippen molar-refractivity contribution in [1.29, 1.82) is 0 Å². The minimum absolute atomic E-state index is 0.0727. The van der Waals surface area contributed by atoms with Crippen molar-refractivity contribution in [2.45, 2.75) is 13.3 Å². The standard InChI is InChI=1S/C19H16F2N4O2S/c1-11-3-2-4-12(7-11)23-18(27)25-19-24-14(10-28-19)9-17(26)22-13-5-6-15(20)16(21)8-13/h2-8,10H,9H2,1H3,(H,22,26)(H2,23,24,25,27). The molecule has 3 rings (SSSR count). The summed E-state index contributed by atoms with van der Waals surface area (Å²) in [5.74, 6) is -2.47. The molecule has 2 aromatic carbocycles. The Morgan fingerprint density at radius 3 is 2.54 bits per heavy atom. The average molecular weight is 402 g/mol. The van der Waals surface area contributed by atoms with Crippen LogP contribution >= 0.6 is 11.3 Å². The number of carbonyl (C=O) groups is 2. The van der Waals surface area contributed by atoms with Crippen LogP contribution in [0.25, 0.3) is 0 Å². The summed E-state index contributed by atoms with van der Waals surface area (Å²) < 4.78 is 26.1. The first-order valence-electron chi connectivity index (χ1n) is 8.23. The second-order valence-electron chi connectivity index (χ2n) is 5.95. The van der Waals surface area contributed by atoms with E-state index in [0.717, 1.165) is 17.7 Å². The van der Waals surface area contributed by atoms with E-state index in [1.165, 1.54) is 17.4 Å². The van der Waals surface area contributed by atoms with E-state index in [-0.39, 0.29) is 12.1 Å². The third kappa shape index (κ3) is 5.34. The number of anilines is 3. The van der Waals surface area contributed by atoms with Crippen molar-refractivity contribution in [3.05, 3.63) is 70.7 Å². The first-order valence-corrected chi connectivity index (χ1v) is 9.11. The minimum atomic E-state index is -1.04. The molecule has 3 amide bonds. The zero-order chi connectivity index (χ0) is 20.1. The van der Waals surface area contributed by atoms with Crippen LogP contribution in [0.5, 0.6) is 0 Å². The van der Waals surface area contributed by atoms with Crippen molar-refractivity contribution in [3.63, 3.8) is 0 Å². The van der Waals surface area contributed by atoms with Crippen LogP contribution < -0.4 is 16.0 Å². The molecular formula is C19H16F2N4O2S. The van der Waals surface area contributed by atoms with Crippen LogP contribution in [0, 0.1) is 18.6 Å². The quantitative estimate of drug-likeness (QED) is 0.585. The van der Waals surface area contributed by atoms with Crippen LogP contribution in [0.4, 0.5) is 30.1 Å². The summed E-state index contributed by atoms with van der Waals surface area (Å²) in [5, 5.41) is 9.73. The highest BCUT2D eigenvalue weighted by Crippen LogP contribution is 2.18. The van der Waals surface area contributed by atoms with Crippen LogP contribution in [0.3, 0.4) is 0 Å². The molecule has 0 unspecified atom stereocenters. The Bertz CT molecular complexity index is 1020. The third-order valence-corrected chi connectivity index (χ3v) is 4.40. The van der Waals surface area contributed by atoms with Gasteiger partial charge in [0.15, 0.2) is 16.8 Å². The lowest BCUT2D eigenvalue weighted by molar-refractivity contribution is -0.115. The second kappa shape index (κ2) is 8.57.